The standard InChI is InChI=1S/C12H11FN2O3S/c1-18-9-4-2-5-10(8-9)19(16,17)15-12-7-3-6-11(13)14-12/h2-8H,1H3,(H,14,15). The van der Waals surface area contributed by atoms with Gasteiger partial charge in [0.15, 0.2) is 0 Å². The summed E-state index contributed by atoms with van der Waals surface area (Å²) in [7, 11) is -2.38. The average Bonchev–Trinajstić information content (AvgIpc) is 2.38. The number of hydrogen-bond acceptors (Lipinski definition) is 4. The summed E-state index contributed by atoms with van der Waals surface area (Å²) in [6.45, 7) is 0. The molecule has 0 aliphatic rings. The lowest BCUT2D eigenvalue weighted by molar-refractivity contribution is 0.413. The van der Waals surface area contributed by atoms with Crippen LogP contribution in [0.5, 0.6) is 5.75 Å². The summed E-state index contributed by atoms with van der Waals surface area (Å²) < 4.78 is 44.1. The highest BCUT2D eigenvalue weighted by Gasteiger charge is 2.15. The topological polar surface area (TPSA) is 68.3 Å². The molecule has 2 rings (SSSR count). The highest BCUT2D eigenvalue weighted by atomic mass is 32.2. The quantitative estimate of drug-likeness (QED) is 0.871. The third-order valence-electron chi connectivity index (χ3n) is 2.31. The first-order chi connectivity index (χ1) is 9.01. The lowest BCUT2D eigenvalue weighted by atomic mass is 10.3. The van der Waals surface area contributed by atoms with Crippen LogP contribution in [0.3, 0.4) is 0 Å². The fourth-order valence-corrected chi connectivity index (χ4v) is 2.47. The predicted molar refractivity (Wildman–Crippen MR) is 68.0 cm³/mol. The number of nitrogens with zero attached hydrogens (tertiary/aromatic N) is 1. The summed E-state index contributed by atoms with van der Waals surface area (Å²) in [6, 6.07) is 9.80. The smallest absolute Gasteiger partial charge is 0.263 e. The molecule has 1 aromatic carbocycles. The minimum atomic E-state index is -3.82. The first-order valence-electron chi connectivity index (χ1n) is 5.31. The van der Waals surface area contributed by atoms with E-state index < -0.39 is 16.0 Å². The van der Waals surface area contributed by atoms with Gasteiger partial charge in [-0.1, -0.05) is 12.1 Å². The monoisotopic (exact) mass is 282 g/mol. The van der Waals surface area contributed by atoms with Crippen molar-refractivity contribution in [3.8, 4) is 5.75 Å². The van der Waals surface area contributed by atoms with Crippen molar-refractivity contribution in [3.05, 3.63) is 48.4 Å². The van der Waals surface area contributed by atoms with Crippen molar-refractivity contribution in [1.29, 1.82) is 0 Å². The third kappa shape index (κ3) is 3.19. The maximum atomic E-state index is 12.9. The molecule has 0 amide bonds. The highest BCUT2D eigenvalue weighted by Crippen LogP contribution is 2.19. The molecule has 0 fully saturated rings. The van der Waals surface area contributed by atoms with Crippen LogP contribution in [0.1, 0.15) is 0 Å². The Hall–Kier alpha value is -2.15. The second-order valence-corrected chi connectivity index (χ2v) is 5.31. The van der Waals surface area contributed by atoms with Gasteiger partial charge in [-0.2, -0.15) is 4.39 Å². The molecular formula is C12H11FN2O3S. The van der Waals surface area contributed by atoms with Gasteiger partial charge in [0.25, 0.3) is 10.0 Å². The van der Waals surface area contributed by atoms with Crippen LogP contribution < -0.4 is 9.46 Å². The van der Waals surface area contributed by atoms with Gasteiger partial charge >= 0.3 is 0 Å². The second-order valence-electron chi connectivity index (χ2n) is 3.63. The van der Waals surface area contributed by atoms with Crippen LogP contribution in [-0.2, 0) is 10.0 Å². The minimum Gasteiger partial charge on any atom is -0.497 e. The van der Waals surface area contributed by atoms with Gasteiger partial charge in [0.1, 0.15) is 11.6 Å². The zero-order chi connectivity index (χ0) is 13.9. The molecule has 1 heterocycles. The summed E-state index contributed by atoms with van der Waals surface area (Å²) in [5.74, 6) is -0.427. The zero-order valence-corrected chi connectivity index (χ0v) is 10.8. The first-order valence-corrected chi connectivity index (χ1v) is 6.79. The Kier molecular flexibility index (Phi) is 3.66. The van der Waals surface area contributed by atoms with E-state index in [1.165, 1.54) is 31.4 Å². The fraction of sp³-hybridized carbons (Fsp3) is 0.0833. The summed E-state index contributed by atoms with van der Waals surface area (Å²) in [4.78, 5) is 3.45. The SMILES string of the molecule is COc1cccc(S(=O)(=O)Nc2cccc(F)n2)c1. The molecule has 19 heavy (non-hydrogen) atoms. The van der Waals surface area contributed by atoms with Crippen molar-refractivity contribution in [2.45, 2.75) is 4.90 Å². The van der Waals surface area contributed by atoms with Crippen LogP contribution in [0, 0.1) is 5.95 Å². The maximum Gasteiger partial charge on any atom is 0.263 e. The molecule has 0 spiro atoms. The van der Waals surface area contributed by atoms with Crippen LogP contribution >= 0.6 is 0 Å². The van der Waals surface area contributed by atoms with Crippen LogP contribution in [0.15, 0.2) is 47.4 Å². The Balaban J connectivity index is 2.32. The van der Waals surface area contributed by atoms with Gasteiger partial charge in [-0.05, 0) is 24.3 Å². The number of nitrogens with one attached hydrogen (secondary N) is 1. The molecule has 7 heteroatoms. The minimum absolute atomic E-state index is 0.0120. The van der Waals surface area contributed by atoms with Crippen LogP contribution in [0.4, 0.5) is 10.2 Å². The highest BCUT2D eigenvalue weighted by molar-refractivity contribution is 7.92. The van der Waals surface area contributed by atoms with E-state index in [4.69, 9.17) is 4.74 Å². The molecule has 1 N–H and O–H groups in total. The van der Waals surface area contributed by atoms with Gasteiger partial charge < -0.3 is 4.74 Å². The number of sulfonamides is 1. The van der Waals surface area contributed by atoms with E-state index in [1.54, 1.807) is 12.1 Å². The van der Waals surface area contributed by atoms with E-state index in [0.717, 1.165) is 6.07 Å². The fourth-order valence-electron chi connectivity index (χ4n) is 1.43. The third-order valence-corrected chi connectivity index (χ3v) is 3.66. The normalized spacial score (nSPS) is 11.1. The summed E-state index contributed by atoms with van der Waals surface area (Å²) in [5.41, 5.74) is 0. The van der Waals surface area contributed by atoms with E-state index in [1.807, 2.05) is 0 Å². The van der Waals surface area contributed by atoms with Gasteiger partial charge in [0, 0.05) is 6.07 Å². The van der Waals surface area contributed by atoms with E-state index in [-0.39, 0.29) is 10.7 Å². The number of rotatable bonds is 4. The Morgan fingerprint density at radius 1 is 1.21 bits per heavy atom. The number of aromatic nitrogens is 1. The van der Waals surface area contributed by atoms with Gasteiger partial charge in [-0.25, -0.2) is 13.4 Å². The zero-order valence-electron chi connectivity index (χ0n) is 10.00. The van der Waals surface area contributed by atoms with Gasteiger partial charge in [-0.3, -0.25) is 4.72 Å². The molecule has 1 aromatic heterocycles. The molecule has 0 aliphatic carbocycles. The second kappa shape index (κ2) is 5.23. The molecule has 0 aliphatic heterocycles. The molecule has 0 saturated heterocycles. The number of benzene rings is 1. The molecule has 0 radical (unpaired) electrons. The summed E-state index contributed by atoms with van der Waals surface area (Å²) >= 11 is 0. The van der Waals surface area contributed by atoms with Crippen LogP contribution in [-0.4, -0.2) is 20.5 Å². The molecule has 0 saturated carbocycles. The van der Waals surface area contributed by atoms with E-state index >= 15 is 0 Å². The van der Waals surface area contributed by atoms with Crippen molar-refractivity contribution < 1.29 is 17.5 Å². The molecule has 0 unspecified atom stereocenters. The van der Waals surface area contributed by atoms with Crippen molar-refractivity contribution >= 4 is 15.8 Å². The van der Waals surface area contributed by atoms with Gasteiger partial charge in [-0.15, -0.1) is 0 Å². The Morgan fingerprint density at radius 2 is 1.95 bits per heavy atom. The summed E-state index contributed by atoms with van der Waals surface area (Å²) in [6.07, 6.45) is 0. The Morgan fingerprint density at radius 3 is 2.63 bits per heavy atom. The molecule has 5 nitrogen and oxygen atoms in total. The Labute approximate surface area is 110 Å². The van der Waals surface area contributed by atoms with Gasteiger partial charge in [0.2, 0.25) is 5.95 Å². The average molecular weight is 282 g/mol. The van der Waals surface area contributed by atoms with Crippen molar-refractivity contribution in [1.82, 2.24) is 4.98 Å². The van der Waals surface area contributed by atoms with E-state index in [0.29, 0.717) is 5.75 Å². The lowest BCUT2D eigenvalue weighted by Gasteiger charge is -2.08. The number of methoxy groups -OCH3 is 1. The largest absolute Gasteiger partial charge is 0.497 e. The van der Waals surface area contributed by atoms with Crippen molar-refractivity contribution in [3.63, 3.8) is 0 Å². The molecule has 0 atom stereocenters. The number of halogens is 1. The molecule has 100 valence electrons. The predicted octanol–water partition coefficient (Wildman–Crippen LogP) is 2.03. The Bertz CT molecular complexity index is 689. The van der Waals surface area contributed by atoms with Crippen LogP contribution in [0.25, 0.3) is 0 Å². The molecular weight excluding hydrogens is 271 g/mol. The number of anilines is 1. The maximum absolute atomic E-state index is 12.9. The number of pyridine rings is 1. The summed E-state index contributed by atoms with van der Waals surface area (Å²) in [5, 5.41) is 0. The van der Waals surface area contributed by atoms with E-state index in [2.05, 4.69) is 9.71 Å². The lowest BCUT2D eigenvalue weighted by Crippen LogP contribution is -2.14. The van der Waals surface area contributed by atoms with Crippen molar-refractivity contribution in [2.24, 2.45) is 0 Å². The van der Waals surface area contributed by atoms with Crippen LogP contribution in [0.2, 0.25) is 0 Å². The van der Waals surface area contributed by atoms with E-state index in [9.17, 15) is 12.8 Å². The first kappa shape index (κ1) is 13.3. The molecule has 2 aromatic rings. The number of hydrogen-bond donors (Lipinski definition) is 1. The number of ether oxygens (including phenoxy) is 1. The molecule has 0 bridgehead atoms. The van der Waals surface area contributed by atoms with Crippen molar-refractivity contribution in [2.75, 3.05) is 11.8 Å². The van der Waals surface area contributed by atoms with Gasteiger partial charge in [0.05, 0.1) is 12.0 Å².